The van der Waals surface area contributed by atoms with E-state index in [4.69, 9.17) is 9.15 Å². The Balaban J connectivity index is 0.00000289. The molecule has 1 fully saturated rings. The molecule has 1 unspecified atom stereocenters. The van der Waals surface area contributed by atoms with E-state index in [0.717, 1.165) is 48.2 Å². The summed E-state index contributed by atoms with van der Waals surface area (Å²) in [5.41, 5.74) is 4.15. The highest BCUT2D eigenvalue weighted by atomic mass is 127. The van der Waals surface area contributed by atoms with Gasteiger partial charge in [-0.05, 0) is 37.6 Å². The second kappa shape index (κ2) is 11.2. The number of oxazole rings is 1. The molecule has 170 valence electrons. The first kappa shape index (κ1) is 23.9. The van der Waals surface area contributed by atoms with E-state index in [2.05, 4.69) is 50.6 Å². The van der Waals surface area contributed by atoms with Crippen LogP contribution in [-0.2, 0) is 6.54 Å². The van der Waals surface area contributed by atoms with E-state index in [1.54, 1.807) is 20.4 Å². The van der Waals surface area contributed by atoms with Crippen molar-refractivity contribution in [2.75, 3.05) is 32.1 Å². The Hall–Kier alpha value is -2.75. The molecule has 1 aliphatic heterocycles. The Labute approximate surface area is 206 Å². The molecule has 0 radical (unpaired) electrons. The minimum atomic E-state index is 0. The summed E-state index contributed by atoms with van der Waals surface area (Å²) in [7, 11) is 3.49. The highest BCUT2D eigenvalue weighted by Gasteiger charge is 2.25. The van der Waals surface area contributed by atoms with Gasteiger partial charge in [-0.1, -0.05) is 29.8 Å². The van der Waals surface area contributed by atoms with Crippen molar-refractivity contribution in [1.82, 2.24) is 15.6 Å². The maximum Gasteiger partial charge on any atom is 0.226 e. The number of aliphatic imine (C=N–C) groups is 1. The summed E-state index contributed by atoms with van der Waals surface area (Å²) in [6, 6.07) is 16.6. The van der Waals surface area contributed by atoms with Gasteiger partial charge in [0.05, 0.1) is 25.0 Å². The summed E-state index contributed by atoms with van der Waals surface area (Å²) < 4.78 is 11.2. The minimum Gasteiger partial charge on any atom is -0.495 e. The van der Waals surface area contributed by atoms with E-state index in [1.165, 1.54) is 5.56 Å². The normalized spacial score (nSPS) is 15.9. The minimum absolute atomic E-state index is 0. The fraction of sp³-hybridized carbons (Fsp3) is 0.333. The Morgan fingerprint density at radius 1 is 1.22 bits per heavy atom. The molecule has 8 heteroatoms. The van der Waals surface area contributed by atoms with Crippen LogP contribution in [0.15, 0.2) is 64.2 Å². The quantitative estimate of drug-likeness (QED) is 0.274. The Morgan fingerprint density at radius 2 is 2.00 bits per heavy atom. The van der Waals surface area contributed by atoms with Crippen LogP contribution in [0.3, 0.4) is 0 Å². The summed E-state index contributed by atoms with van der Waals surface area (Å²) in [4.78, 5) is 11.3. The van der Waals surface area contributed by atoms with Gasteiger partial charge in [0.25, 0.3) is 0 Å². The monoisotopic (exact) mass is 547 g/mol. The summed E-state index contributed by atoms with van der Waals surface area (Å²) in [6.45, 7) is 4.46. The maximum absolute atomic E-state index is 5.64. The number of halogens is 1. The van der Waals surface area contributed by atoms with E-state index in [0.29, 0.717) is 18.5 Å². The zero-order valence-electron chi connectivity index (χ0n) is 18.7. The molecule has 32 heavy (non-hydrogen) atoms. The SMILES string of the molecule is CN=C(NCc1coc(-c2ccc(C)cc2)n1)NC1CCN(c2ccccc2OC)C1.I. The van der Waals surface area contributed by atoms with Gasteiger partial charge in [0.1, 0.15) is 12.0 Å². The fourth-order valence-electron chi connectivity index (χ4n) is 3.77. The average Bonchev–Trinajstić information content (AvgIpc) is 3.47. The third-order valence-electron chi connectivity index (χ3n) is 5.47. The van der Waals surface area contributed by atoms with E-state index < -0.39 is 0 Å². The molecule has 0 aliphatic carbocycles. The number of nitrogens with one attached hydrogen (secondary N) is 2. The number of benzene rings is 2. The number of guanidine groups is 1. The lowest BCUT2D eigenvalue weighted by Crippen LogP contribution is -2.44. The maximum atomic E-state index is 5.64. The summed E-state index contributed by atoms with van der Waals surface area (Å²) in [5.74, 6) is 2.29. The van der Waals surface area contributed by atoms with Crippen molar-refractivity contribution >= 4 is 35.6 Å². The Bertz CT molecular complexity index is 1030. The number of hydrogen-bond donors (Lipinski definition) is 2. The number of nitrogens with zero attached hydrogens (tertiary/aromatic N) is 3. The average molecular weight is 547 g/mol. The number of para-hydroxylation sites is 2. The van der Waals surface area contributed by atoms with E-state index in [1.807, 2.05) is 30.3 Å². The number of aromatic nitrogens is 1. The first-order valence-electron chi connectivity index (χ1n) is 10.5. The largest absolute Gasteiger partial charge is 0.495 e. The van der Waals surface area contributed by atoms with E-state index in [9.17, 15) is 0 Å². The van der Waals surface area contributed by atoms with Gasteiger partial charge in [-0.15, -0.1) is 24.0 Å². The second-order valence-corrected chi connectivity index (χ2v) is 7.68. The van der Waals surface area contributed by atoms with Crippen LogP contribution in [0.25, 0.3) is 11.5 Å². The van der Waals surface area contributed by atoms with Crippen LogP contribution >= 0.6 is 24.0 Å². The molecule has 1 saturated heterocycles. The lowest BCUT2D eigenvalue weighted by Gasteiger charge is -2.22. The molecule has 2 heterocycles. The van der Waals surface area contributed by atoms with Gasteiger partial charge in [-0.25, -0.2) is 4.98 Å². The first-order valence-corrected chi connectivity index (χ1v) is 10.5. The highest BCUT2D eigenvalue weighted by Crippen LogP contribution is 2.30. The summed E-state index contributed by atoms with van der Waals surface area (Å²) in [5, 5.41) is 6.85. The van der Waals surface area contributed by atoms with Crippen molar-refractivity contribution in [1.29, 1.82) is 0 Å². The van der Waals surface area contributed by atoms with Gasteiger partial charge < -0.3 is 24.7 Å². The van der Waals surface area contributed by atoms with Crippen molar-refractivity contribution in [2.24, 2.45) is 4.99 Å². The second-order valence-electron chi connectivity index (χ2n) is 7.68. The number of aryl methyl sites for hydroxylation is 1. The number of rotatable bonds is 6. The number of anilines is 1. The highest BCUT2D eigenvalue weighted by molar-refractivity contribution is 14.0. The molecule has 3 aromatic rings. The molecular formula is C24H30IN5O2. The topological polar surface area (TPSA) is 74.9 Å². The smallest absolute Gasteiger partial charge is 0.226 e. The summed E-state index contributed by atoms with van der Waals surface area (Å²) >= 11 is 0. The molecule has 0 amide bonds. The number of hydrogen-bond acceptors (Lipinski definition) is 5. The fourth-order valence-corrected chi connectivity index (χ4v) is 3.77. The Morgan fingerprint density at radius 3 is 2.75 bits per heavy atom. The van der Waals surface area contributed by atoms with Gasteiger partial charge >= 0.3 is 0 Å². The first-order chi connectivity index (χ1) is 15.2. The zero-order valence-corrected chi connectivity index (χ0v) is 21.0. The number of ether oxygens (including phenoxy) is 1. The molecule has 4 rings (SSSR count). The molecule has 1 aliphatic rings. The van der Waals surface area contributed by atoms with Crippen molar-refractivity contribution < 1.29 is 9.15 Å². The van der Waals surface area contributed by atoms with Crippen molar-refractivity contribution in [2.45, 2.75) is 25.9 Å². The third-order valence-corrected chi connectivity index (χ3v) is 5.47. The molecule has 1 atom stereocenters. The molecule has 1 aromatic heterocycles. The molecule has 0 spiro atoms. The molecule has 0 bridgehead atoms. The van der Waals surface area contributed by atoms with Crippen LogP contribution in [0.1, 0.15) is 17.7 Å². The van der Waals surface area contributed by atoms with Gasteiger partial charge in [-0.2, -0.15) is 0 Å². The molecule has 0 saturated carbocycles. The van der Waals surface area contributed by atoms with Crippen molar-refractivity contribution in [3.05, 3.63) is 66.1 Å². The van der Waals surface area contributed by atoms with Crippen LogP contribution in [0.4, 0.5) is 5.69 Å². The third kappa shape index (κ3) is 5.73. The van der Waals surface area contributed by atoms with Gasteiger partial charge in [0, 0.05) is 31.7 Å². The van der Waals surface area contributed by atoms with Crippen LogP contribution in [0.2, 0.25) is 0 Å². The van der Waals surface area contributed by atoms with Gasteiger partial charge in [-0.3, -0.25) is 4.99 Å². The zero-order chi connectivity index (χ0) is 21.6. The van der Waals surface area contributed by atoms with Crippen LogP contribution in [-0.4, -0.2) is 44.2 Å². The standard InChI is InChI=1S/C24H29N5O2.HI/c1-17-8-10-18(11-9-17)23-27-20(16-31-23)14-26-24(25-2)28-19-12-13-29(15-19)21-6-4-5-7-22(21)30-3;/h4-11,16,19H,12-15H2,1-3H3,(H2,25,26,28);1H. The van der Waals surface area contributed by atoms with Gasteiger partial charge in [0.2, 0.25) is 5.89 Å². The predicted molar refractivity (Wildman–Crippen MR) is 139 cm³/mol. The molecular weight excluding hydrogens is 517 g/mol. The lowest BCUT2D eigenvalue weighted by molar-refractivity contribution is 0.415. The molecule has 7 nitrogen and oxygen atoms in total. The van der Waals surface area contributed by atoms with Crippen LogP contribution in [0, 0.1) is 6.92 Å². The summed E-state index contributed by atoms with van der Waals surface area (Å²) in [6.07, 6.45) is 2.72. The molecule has 2 aromatic carbocycles. The van der Waals surface area contributed by atoms with E-state index >= 15 is 0 Å². The van der Waals surface area contributed by atoms with E-state index in [-0.39, 0.29) is 24.0 Å². The predicted octanol–water partition coefficient (Wildman–Crippen LogP) is 4.22. The van der Waals surface area contributed by atoms with Crippen LogP contribution in [0.5, 0.6) is 5.75 Å². The number of methoxy groups -OCH3 is 1. The van der Waals surface area contributed by atoms with Crippen molar-refractivity contribution in [3.8, 4) is 17.2 Å². The Kier molecular flexibility index (Phi) is 8.38. The lowest BCUT2D eigenvalue weighted by atomic mass is 10.1. The van der Waals surface area contributed by atoms with Gasteiger partial charge in [0.15, 0.2) is 5.96 Å². The van der Waals surface area contributed by atoms with Crippen molar-refractivity contribution in [3.63, 3.8) is 0 Å². The molecule has 2 N–H and O–H groups in total. The van der Waals surface area contributed by atoms with Crippen LogP contribution < -0.4 is 20.3 Å².